The van der Waals surface area contributed by atoms with Gasteiger partial charge < -0.3 is 10.6 Å². The number of hydrogen-bond acceptors (Lipinski definition) is 2. The minimum absolute atomic E-state index is 0.0491. The molecule has 5 heteroatoms. The Morgan fingerprint density at radius 2 is 2.11 bits per heavy atom. The third kappa shape index (κ3) is 5.15. The number of carbonyl (C=O) groups excluding carboxylic acids is 1. The Kier molecular flexibility index (Phi) is 6.30. The van der Waals surface area contributed by atoms with Crippen LogP contribution in [0.3, 0.4) is 0 Å². The van der Waals surface area contributed by atoms with Gasteiger partial charge in [-0.05, 0) is 31.5 Å². The maximum absolute atomic E-state index is 11.6. The van der Waals surface area contributed by atoms with Crippen molar-refractivity contribution in [3.63, 3.8) is 0 Å². The molecule has 1 rings (SSSR count). The highest BCUT2D eigenvalue weighted by Gasteiger charge is 2.07. The van der Waals surface area contributed by atoms with E-state index in [1.54, 1.807) is 18.2 Å². The van der Waals surface area contributed by atoms with Crippen molar-refractivity contribution in [3.8, 4) is 0 Å². The number of halogens is 2. The zero-order valence-electron chi connectivity index (χ0n) is 10.6. The number of amides is 1. The van der Waals surface area contributed by atoms with Gasteiger partial charge in [0.05, 0.1) is 17.3 Å². The lowest BCUT2D eigenvalue weighted by molar-refractivity contribution is -0.120. The van der Waals surface area contributed by atoms with Gasteiger partial charge in [0, 0.05) is 11.1 Å². The van der Waals surface area contributed by atoms with Crippen LogP contribution in [-0.2, 0) is 4.79 Å². The molecule has 0 radical (unpaired) electrons. The summed E-state index contributed by atoms with van der Waals surface area (Å²) in [5, 5.41) is 7.01. The van der Waals surface area contributed by atoms with E-state index in [4.69, 9.17) is 23.2 Å². The molecule has 0 saturated heterocycles. The molecule has 0 aliphatic carbocycles. The molecule has 0 aliphatic heterocycles. The summed E-state index contributed by atoms with van der Waals surface area (Å²) in [6.45, 7) is 4.27. The highest BCUT2D eigenvalue weighted by Crippen LogP contribution is 2.24. The Balaban J connectivity index is 2.45. The maximum Gasteiger partial charge on any atom is 0.239 e. The average Bonchev–Trinajstić information content (AvgIpc) is 2.30. The van der Waals surface area contributed by atoms with Gasteiger partial charge in [-0.25, -0.2) is 0 Å². The molecule has 0 aliphatic rings. The minimum Gasteiger partial charge on any atom is -0.375 e. The smallest absolute Gasteiger partial charge is 0.239 e. The first-order chi connectivity index (χ1) is 8.52. The zero-order chi connectivity index (χ0) is 13.5. The topological polar surface area (TPSA) is 41.1 Å². The first-order valence-corrected chi connectivity index (χ1v) is 6.76. The zero-order valence-corrected chi connectivity index (χ0v) is 12.1. The standard InChI is InChI=1S/C13H18Cl2N2O/c1-3-4-9(2)17-13(18)8-16-12-7-10(14)5-6-11(12)15/h5-7,9,16H,3-4,8H2,1-2H3,(H,17,18). The molecule has 0 bridgehead atoms. The Labute approximate surface area is 118 Å². The van der Waals surface area contributed by atoms with E-state index in [1.165, 1.54) is 0 Å². The quantitative estimate of drug-likeness (QED) is 0.838. The number of benzene rings is 1. The monoisotopic (exact) mass is 288 g/mol. The Hall–Kier alpha value is -0.930. The summed E-state index contributed by atoms with van der Waals surface area (Å²) in [4.78, 5) is 11.6. The molecule has 1 aromatic carbocycles. The SMILES string of the molecule is CCCC(C)NC(=O)CNc1cc(Cl)ccc1Cl. The molecular weight excluding hydrogens is 271 g/mol. The third-order valence-electron chi connectivity index (χ3n) is 2.50. The molecule has 3 nitrogen and oxygen atoms in total. The van der Waals surface area contributed by atoms with E-state index in [0.29, 0.717) is 15.7 Å². The Morgan fingerprint density at radius 1 is 1.39 bits per heavy atom. The van der Waals surface area contributed by atoms with E-state index in [0.717, 1.165) is 12.8 Å². The molecule has 18 heavy (non-hydrogen) atoms. The van der Waals surface area contributed by atoms with Crippen LogP contribution in [0.5, 0.6) is 0 Å². The number of carbonyl (C=O) groups is 1. The van der Waals surface area contributed by atoms with E-state index in [1.807, 2.05) is 6.92 Å². The van der Waals surface area contributed by atoms with E-state index in [-0.39, 0.29) is 18.5 Å². The number of rotatable bonds is 6. The molecule has 0 fully saturated rings. The fourth-order valence-corrected chi connectivity index (χ4v) is 2.00. The van der Waals surface area contributed by atoms with Crippen LogP contribution in [0.4, 0.5) is 5.69 Å². The van der Waals surface area contributed by atoms with Crippen molar-refractivity contribution in [1.29, 1.82) is 0 Å². The summed E-state index contributed by atoms with van der Waals surface area (Å²) in [5.41, 5.74) is 0.669. The fraction of sp³-hybridized carbons (Fsp3) is 0.462. The van der Waals surface area contributed by atoms with E-state index in [2.05, 4.69) is 17.6 Å². The normalized spacial score (nSPS) is 12.0. The lowest BCUT2D eigenvalue weighted by Crippen LogP contribution is -2.36. The summed E-state index contributed by atoms with van der Waals surface area (Å²) in [6, 6.07) is 5.30. The first-order valence-electron chi connectivity index (χ1n) is 6.01. The molecule has 0 heterocycles. The van der Waals surface area contributed by atoms with Crippen molar-refractivity contribution in [2.75, 3.05) is 11.9 Å². The van der Waals surface area contributed by atoms with E-state index < -0.39 is 0 Å². The van der Waals surface area contributed by atoms with Gasteiger partial charge in [0.25, 0.3) is 0 Å². The number of anilines is 1. The molecule has 1 aromatic rings. The summed E-state index contributed by atoms with van der Waals surface area (Å²) in [7, 11) is 0. The third-order valence-corrected chi connectivity index (χ3v) is 3.06. The first kappa shape index (κ1) is 15.1. The minimum atomic E-state index is -0.0491. The van der Waals surface area contributed by atoms with Crippen molar-refractivity contribution in [2.45, 2.75) is 32.7 Å². The fourth-order valence-electron chi connectivity index (χ4n) is 1.64. The second-order valence-electron chi connectivity index (χ2n) is 4.23. The van der Waals surface area contributed by atoms with Gasteiger partial charge in [0.15, 0.2) is 0 Å². The van der Waals surface area contributed by atoms with Gasteiger partial charge in [0.1, 0.15) is 0 Å². The van der Waals surface area contributed by atoms with Crippen LogP contribution in [-0.4, -0.2) is 18.5 Å². The predicted octanol–water partition coefficient (Wildman–Crippen LogP) is 3.71. The van der Waals surface area contributed by atoms with Crippen LogP contribution in [0.25, 0.3) is 0 Å². The number of hydrogen-bond donors (Lipinski definition) is 2. The van der Waals surface area contributed by atoms with Crippen molar-refractivity contribution >= 4 is 34.8 Å². The molecule has 1 atom stereocenters. The van der Waals surface area contributed by atoms with Crippen molar-refractivity contribution in [2.24, 2.45) is 0 Å². The summed E-state index contributed by atoms with van der Waals surface area (Å²) in [5.74, 6) is -0.0491. The lowest BCUT2D eigenvalue weighted by atomic mass is 10.2. The molecule has 0 saturated carbocycles. The van der Waals surface area contributed by atoms with Gasteiger partial charge in [-0.1, -0.05) is 36.5 Å². The Morgan fingerprint density at radius 3 is 2.78 bits per heavy atom. The van der Waals surface area contributed by atoms with E-state index in [9.17, 15) is 4.79 Å². The van der Waals surface area contributed by atoms with Crippen LogP contribution in [0.2, 0.25) is 10.0 Å². The van der Waals surface area contributed by atoms with Crippen LogP contribution in [0.15, 0.2) is 18.2 Å². The van der Waals surface area contributed by atoms with Crippen LogP contribution in [0.1, 0.15) is 26.7 Å². The average molecular weight is 289 g/mol. The molecule has 1 amide bonds. The molecule has 0 aromatic heterocycles. The van der Waals surface area contributed by atoms with Crippen LogP contribution < -0.4 is 10.6 Å². The van der Waals surface area contributed by atoms with Crippen molar-refractivity contribution in [1.82, 2.24) is 5.32 Å². The van der Waals surface area contributed by atoms with Crippen molar-refractivity contribution < 1.29 is 4.79 Å². The second-order valence-corrected chi connectivity index (χ2v) is 5.08. The molecule has 0 spiro atoms. The van der Waals surface area contributed by atoms with Gasteiger partial charge >= 0.3 is 0 Å². The van der Waals surface area contributed by atoms with Crippen molar-refractivity contribution in [3.05, 3.63) is 28.2 Å². The van der Waals surface area contributed by atoms with Gasteiger partial charge in [0.2, 0.25) is 5.91 Å². The highest BCUT2D eigenvalue weighted by molar-refractivity contribution is 6.35. The van der Waals surface area contributed by atoms with Crippen LogP contribution >= 0.6 is 23.2 Å². The van der Waals surface area contributed by atoms with Crippen LogP contribution in [0, 0.1) is 0 Å². The van der Waals surface area contributed by atoms with Gasteiger partial charge in [-0.3, -0.25) is 4.79 Å². The van der Waals surface area contributed by atoms with Gasteiger partial charge in [-0.15, -0.1) is 0 Å². The predicted molar refractivity (Wildman–Crippen MR) is 77.5 cm³/mol. The summed E-state index contributed by atoms with van der Waals surface area (Å²) < 4.78 is 0. The lowest BCUT2D eigenvalue weighted by Gasteiger charge is -2.14. The molecule has 100 valence electrons. The number of nitrogens with one attached hydrogen (secondary N) is 2. The van der Waals surface area contributed by atoms with E-state index >= 15 is 0 Å². The Bertz CT molecular complexity index is 410. The molecule has 1 unspecified atom stereocenters. The van der Waals surface area contributed by atoms with Gasteiger partial charge in [-0.2, -0.15) is 0 Å². The summed E-state index contributed by atoms with van der Waals surface area (Å²) in [6.07, 6.45) is 2.03. The largest absolute Gasteiger partial charge is 0.375 e. The second kappa shape index (κ2) is 7.49. The molecular formula is C13H18Cl2N2O. The molecule has 2 N–H and O–H groups in total. The summed E-state index contributed by atoms with van der Waals surface area (Å²) >= 11 is 11.8. The highest BCUT2D eigenvalue weighted by atomic mass is 35.5. The maximum atomic E-state index is 11.6.